The van der Waals surface area contributed by atoms with Crippen LogP contribution in [-0.2, 0) is 6.61 Å². The van der Waals surface area contributed by atoms with Gasteiger partial charge in [0.1, 0.15) is 12.4 Å². The van der Waals surface area contributed by atoms with E-state index in [4.69, 9.17) is 16.3 Å². The van der Waals surface area contributed by atoms with Gasteiger partial charge < -0.3 is 10.1 Å². The summed E-state index contributed by atoms with van der Waals surface area (Å²) in [6, 6.07) is 7.89. The second-order valence-corrected chi connectivity index (χ2v) is 6.11. The molecule has 1 N–H and O–H groups in total. The van der Waals surface area contributed by atoms with Gasteiger partial charge >= 0.3 is 0 Å². The van der Waals surface area contributed by atoms with Crippen LogP contribution in [-0.4, -0.2) is 11.5 Å². The smallest absolute Gasteiger partial charge is 0.124 e. The van der Waals surface area contributed by atoms with Crippen molar-refractivity contribution in [3.05, 3.63) is 57.3 Å². The van der Waals surface area contributed by atoms with Crippen LogP contribution in [0.25, 0.3) is 0 Å². The lowest BCUT2D eigenvalue weighted by Crippen LogP contribution is -2.18. The second kappa shape index (κ2) is 7.78. The van der Waals surface area contributed by atoms with Crippen molar-refractivity contribution in [1.82, 2.24) is 10.3 Å². The highest BCUT2D eigenvalue weighted by Gasteiger charge is 2.12. The Morgan fingerprint density at radius 2 is 2.14 bits per heavy atom. The Morgan fingerprint density at radius 1 is 1.33 bits per heavy atom. The van der Waals surface area contributed by atoms with Crippen LogP contribution in [0.3, 0.4) is 0 Å². The molecule has 21 heavy (non-hydrogen) atoms. The van der Waals surface area contributed by atoms with E-state index in [0.717, 1.165) is 27.9 Å². The van der Waals surface area contributed by atoms with Gasteiger partial charge in [-0.15, -0.1) is 0 Å². The van der Waals surface area contributed by atoms with Crippen LogP contribution in [0.15, 0.2) is 41.1 Å². The first kappa shape index (κ1) is 16.3. The van der Waals surface area contributed by atoms with E-state index in [-0.39, 0.29) is 6.04 Å². The molecule has 1 heterocycles. The van der Waals surface area contributed by atoms with E-state index < -0.39 is 0 Å². The van der Waals surface area contributed by atoms with Crippen LogP contribution < -0.4 is 10.1 Å². The van der Waals surface area contributed by atoms with Gasteiger partial charge in [0.05, 0.1) is 0 Å². The first-order chi connectivity index (χ1) is 10.1. The second-order valence-electron chi connectivity index (χ2n) is 4.76. The fraction of sp³-hybridized carbons (Fsp3) is 0.312. The van der Waals surface area contributed by atoms with Gasteiger partial charge in [-0.25, -0.2) is 0 Å². The summed E-state index contributed by atoms with van der Waals surface area (Å²) in [6.45, 7) is 5.54. The maximum atomic E-state index is 6.10. The third kappa shape index (κ3) is 4.70. The minimum atomic E-state index is 0.185. The third-order valence-corrected chi connectivity index (χ3v) is 3.77. The number of benzene rings is 1. The summed E-state index contributed by atoms with van der Waals surface area (Å²) in [7, 11) is 0. The average Bonchev–Trinajstić information content (AvgIpc) is 2.46. The number of pyridine rings is 1. The van der Waals surface area contributed by atoms with Gasteiger partial charge in [0, 0.05) is 39.1 Å². The Balaban J connectivity index is 2.15. The number of hydrogen-bond donors (Lipinski definition) is 1. The number of ether oxygens (including phenoxy) is 1. The fourth-order valence-electron chi connectivity index (χ4n) is 2.10. The molecular formula is C16H18BrClN2O. The Bertz CT molecular complexity index is 607. The largest absolute Gasteiger partial charge is 0.489 e. The minimum absolute atomic E-state index is 0.185. The molecule has 0 radical (unpaired) electrons. The lowest BCUT2D eigenvalue weighted by molar-refractivity contribution is 0.299. The zero-order valence-electron chi connectivity index (χ0n) is 12.1. The van der Waals surface area contributed by atoms with Gasteiger partial charge in [0.2, 0.25) is 0 Å². The standard InChI is InChI=1S/C16H18BrClN2O/c1-3-20-11(2)15-7-14(18)4-5-16(15)21-10-12-6-13(17)9-19-8-12/h4-9,11,20H,3,10H2,1-2H3. The number of hydrogen-bond acceptors (Lipinski definition) is 3. The molecule has 3 nitrogen and oxygen atoms in total. The molecule has 1 aromatic heterocycles. The van der Waals surface area contributed by atoms with E-state index in [9.17, 15) is 0 Å². The van der Waals surface area contributed by atoms with Crippen LogP contribution in [0.1, 0.15) is 31.0 Å². The molecule has 2 rings (SSSR count). The van der Waals surface area contributed by atoms with Gasteiger partial charge in [0.25, 0.3) is 0 Å². The molecule has 0 fully saturated rings. The van der Waals surface area contributed by atoms with Crippen molar-refractivity contribution in [2.75, 3.05) is 6.54 Å². The molecule has 0 saturated carbocycles. The molecular weight excluding hydrogens is 352 g/mol. The van der Waals surface area contributed by atoms with Crippen LogP contribution in [0.4, 0.5) is 0 Å². The first-order valence-electron chi connectivity index (χ1n) is 6.85. The summed E-state index contributed by atoms with van der Waals surface area (Å²) < 4.78 is 6.89. The molecule has 5 heteroatoms. The molecule has 2 aromatic rings. The Labute approximate surface area is 138 Å². The van der Waals surface area contributed by atoms with E-state index in [0.29, 0.717) is 11.6 Å². The lowest BCUT2D eigenvalue weighted by Gasteiger charge is -2.18. The van der Waals surface area contributed by atoms with Crippen LogP contribution in [0.2, 0.25) is 5.02 Å². The zero-order valence-corrected chi connectivity index (χ0v) is 14.4. The third-order valence-electron chi connectivity index (χ3n) is 3.10. The topological polar surface area (TPSA) is 34.1 Å². The van der Waals surface area contributed by atoms with Crippen LogP contribution in [0, 0.1) is 0 Å². The molecule has 0 amide bonds. The SMILES string of the molecule is CCNC(C)c1cc(Cl)ccc1OCc1cncc(Br)c1. The van der Waals surface area contributed by atoms with E-state index in [1.165, 1.54) is 0 Å². The zero-order chi connectivity index (χ0) is 15.2. The van der Waals surface area contributed by atoms with Gasteiger partial charge in [-0.1, -0.05) is 18.5 Å². The summed E-state index contributed by atoms with van der Waals surface area (Å²) in [6.07, 6.45) is 3.55. The van der Waals surface area contributed by atoms with Gasteiger partial charge in [-0.3, -0.25) is 4.98 Å². The molecule has 0 aliphatic heterocycles. The quantitative estimate of drug-likeness (QED) is 0.798. The Hall–Kier alpha value is -1.10. The number of halogens is 2. The maximum absolute atomic E-state index is 6.10. The van der Waals surface area contributed by atoms with Crippen molar-refractivity contribution >= 4 is 27.5 Å². The summed E-state index contributed by atoms with van der Waals surface area (Å²) >= 11 is 9.51. The van der Waals surface area contributed by atoms with E-state index >= 15 is 0 Å². The normalized spacial score (nSPS) is 12.2. The Morgan fingerprint density at radius 3 is 2.86 bits per heavy atom. The van der Waals surface area contributed by atoms with Crippen LogP contribution in [0.5, 0.6) is 5.75 Å². The van der Waals surface area contributed by atoms with E-state index in [2.05, 4.69) is 40.1 Å². The molecule has 1 unspecified atom stereocenters. The molecule has 1 atom stereocenters. The Kier molecular flexibility index (Phi) is 6.03. The highest BCUT2D eigenvalue weighted by Crippen LogP contribution is 2.29. The van der Waals surface area contributed by atoms with Crippen molar-refractivity contribution in [1.29, 1.82) is 0 Å². The highest BCUT2D eigenvalue weighted by atomic mass is 79.9. The molecule has 0 saturated heterocycles. The molecule has 0 bridgehead atoms. The molecule has 0 aliphatic carbocycles. The highest BCUT2D eigenvalue weighted by molar-refractivity contribution is 9.10. The predicted molar refractivity (Wildman–Crippen MR) is 89.8 cm³/mol. The summed E-state index contributed by atoms with van der Waals surface area (Å²) in [5, 5.41) is 4.09. The molecule has 1 aromatic carbocycles. The summed E-state index contributed by atoms with van der Waals surface area (Å²) in [4.78, 5) is 4.14. The van der Waals surface area contributed by atoms with Gasteiger partial charge in [-0.2, -0.15) is 0 Å². The fourth-order valence-corrected chi connectivity index (χ4v) is 2.69. The van der Waals surface area contributed by atoms with Crippen LogP contribution >= 0.6 is 27.5 Å². The van der Waals surface area contributed by atoms with Crippen molar-refractivity contribution in [3.63, 3.8) is 0 Å². The van der Waals surface area contributed by atoms with Gasteiger partial charge in [0.15, 0.2) is 0 Å². The van der Waals surface area contributed by atoms with Gasteiger partial charge in [-0.05, 0) is 53.7 Å². The number of rotatable bonds is 6. The monoisotopic (exact) mass is 368 g/mol. The predicted octanol–water partition coefficient (Wildman–Crippen LogP) is 4.75. The average molecular weight is 370 g/mol. The van der Waals surface area contributed by atoms with Crippen molar-refractivity contribution in [2.24, 2.45) is 0 Å². The maximum Gasteiger partial charge on any atom is 0.124 e. The van der Waals surface area contributed by atoms with E-state index in [1.54, 1.807) is 12.4 Å². The van der Waals surface area contributed by atoms with Crippen molar-refractivity contribution in [2.45, 2.75) is 26.5 Å². The number of nitrogens with one attached hydrogen (secondary N) is 1. The number of nitrogens with zero attached hydrogens (tertiary/aromatic N) is 1. The van der Waals surface area contributed by atoms with Crippen molar-refractivity contribution < 1.29 is 4.74 Å². The first-order valence-corrected chi connectivity index (χ1v) is 8.02. The lowest BCUT2D eigenvalue weighted by atomic mass is 10.1. The number of aromatic nitrogens is 1. The summed E-state index contributed by atoms with van der Waals surface area (Å²) in [5.41, 5.74) is 2.08. The minimum Gasteiger partial charge on any atom is -0.489 e. The summed E-state index contributed by atoms with van der Waals surface area (Å²) in [5.74, 6) is 0.841. The van der Waals surface area contributed by atoms with E-state index in [1.807, 2.05) is 24.3 Å². The van der Waals surface area contributed by atoms with Crippen molar-refractivity contribution in [3.8, 4) is 5.75 Å². The molecule has 0 aliphatic rings. The molecule has 0 spiro atoms. The molecule has 112 valence electrons.